The Bertz CT molecular complexity index is 463. The van der Waals surface area contributed by atoms with Gasteiger partial charge in [-0.05, 0) is 23.8 Å². The van der Waals surface area contributed by atoms with E-state index in [0.717, 1.165) is 6.08 Å². The molecule has 0 spiro atoms. The lowest BCUT2D eigenvalue weighted by Crippen LogP contribution is -2.09. The second-order valence-corrected chi connectivity index (χ2v) is 3.34. The van der Waals surface area contributed by atoms with Gasteiger partial charge in [-0.15, -0.1) is 6.58 Å². The van der Waals surface area contributed by atoms with Crippen LogP contribution in [0.5, 0.6) is 0 Å². The Labute approximate surface area is 99.3 Å². The van der Waals surface area contributed by atoms with Crippen LogP contribution in [0.25, 0.3) is 6.08 Å². The number of amides is 1. The molecular formula is C13H13NO3. The molecule has 88 valence electrons. The second-order valence-electron chi connectivity index (χ2n) is 3.34. The van der Waals surface area contributed by atoms with Gasteiger partial charge in [0.2, 0.25) is 5.91 Å². The lowest BCUT2D eigenvalue weighted by molar-refractivity contribution is -0.131. The van der Waals surface area contributed by atoms with Gasteiger partial charge in [-0.1, -0.05) is 18.2 Å². The van der Waals surface area contributed by atoms with Crippen molar-refractivity contribution in [1.82, 2.24) is 0 Å². The summed E-state index contributed by atoms with van der Waals surface area (Å²) < 4.78 is 0. The van der Waals surface area contributed by atoms with Crippen LogP contribution in [0.4, 0.5) is 5.69 Å². The summed E-state index contributed by atoms with van der Waals surface area (Å²) in [5.74, 6) is -1.16. The van der Waals surface area contributed by atoms with Gasteiger partial charge in [0.1, 0.15) is 0 Å². The number of nitrogens with one attached hydrogen (secondary N) is 1. The van der Waals surface area contributed by atoms with Crippen LogP contribution in [0.2, 0.25) is 0 Å². The molecule has 1 aromatic carbocycles. The zero-order valence-corrected chi connectivity index (χ0v) is 9.22. The van der Waals surface area contributed by atoms with Crippen molar-refractivity contribution in [2.45, 2.75) is 6.42 Å². The molecule has 0 aromatic heterocycles. The summed E-state index contributed by atoms with van der Waals surface area (Å²) in [6.45, 7) is 3.47. The van der Waals surface area contributed by atoms with Gasteiger partial charge in [-0.25, -0.2) is 4.79 Å². The normalized spacial score (nSPS) is 10.1. The van der Waals surface area contributed by atoms with E-state index in [1.54, 1.807) is 24.3 Å². The van der Waals surface area contributed by atoms with Crippen LogP contribution in [-0.4, -0.2) is 17.0 Å². The summed E-state index contributed by atoms with van der Waals surface area (Å²) in [7, 11) is 0. The molecule has 0 saturated heterocycles. The molecule has 0 saturated carbocycles. The van der Waals surface area contributed by atoms with Crippen LogP contribution in [0.15, 0.2) is 43.0 Å². The van der Waals surface area contributed by atoms with Gasteiger partial charge in [0, 0.05) is 18.2 Å². The number of rotatable bonds is 5. The SMILES string of the molecule is C=CCC(=O)Nc1cccc(/C=C/C(=O)O)c1. The molecule has 0 unspecified atom stereocenters. The number of anilines is 1. The molecule has 4 heteroatoms. The molecule has 1 rings (SSSR count). The molecule has 1 amide bonds. The lowest BCUT2D eigenvalue weighted by atomic mass is 10.2. The lowest BCUT2D eigenvalue weighted by Gasteiger charge is -2.04. The maximum absolute atomic E-state index is 11.3. The zero-order chi connectivity index (χ0) is 12.7. The van der Waals surface area contributed by atoms with Crippen LogP contribution in [0.3, 0.4) is 0 Å². The molecule has 0 atom stereocenters. The summed E-state index contributed by atoms with van der Waals surface area (Å²) in [6.07, 6.45) is 4.27. The second kappa shape index (κ2) is 6.27. The molecule has 0 radical (unpaired) electrons. The Morgan fingerprint density at radius 3 is 2.82 bits per heavy atom. The molecule has 0 aliphatic rings. The molecule has 0 aliphatic carbocycles. The minimum atomic E-state index is -1.01. The Morgan fingerprint density at radius 2 is 2.18 bits per heavy atom. The molecule has 1 aromatic rings. The molecule has 0 heterocycles. The van der Waals surface area contributed by atoms with Gasteiger partial charge in [-0.2, -0.15) is 0 Å². The Hall–Kier alpha value is -2.36. The van der Waals surface area contributed by atoms with Gasteiger partial charge >= 0.3 is 5.97 Å². The number of hydrogen-bond acceptors (Lipinski definition) is 2. The van der Waals surface area contributed by atoms with E-state index < -0.39 is 5.97 Å². The van der Waals surface area contributed by atoms with E-state index in [1.807, 2.05) is 0 Å². The average molecular weight is 231 g/mol. The van der Waals surface area contributed by atoms with Gasteiger partial charge in [0.05, 0.1) is 0 Å². The van der Waals surface area contributed by atoms with E-state index in [2.05, 4.69) is 11.9 Å². The van der Waals surface area contributed by atoms with E-state index in [-0.39, 0.29) is 12.3 Å². The number of carboxylic acid groups (broad SMARTS) is 1. The van der Waals surface area contributed by atoms with Crippen LogP contribution in [-0.2, 0) is 9.59 Å². The van der Waals surface area contributed by atoms with Gasteiger partial charge in [0.15, 0.2) is 0 Å². The molecule has 17 heavy (non-hydrogen) atoms. The van der Waals surface area contributed by atoms with Crippen molar-refractivity contribution >= 4 is 23.6 Å². The zero-order valence-electron chi connectivity index (χ0n) is 9.22. The van der Waals surface area contributed by atoms with Gasteiger partial charge in [-0.3, -0.25) is 4.79 Å². The third kappa shape index (κ3) is 4.79. The Kier molecular flexibility index (Phi) is 4.69. The number of carbonyl (C=O) groups excluding carboxylic acids is 1. The summed E-state index contributed by atoms with van der Waals surface area (Å²) in [6, 6.07) is 6.92. The van der Waals surface area contributed by atoms with Crippen molar-refractivity contribution in [3.63, 3.8) is 0 Å². The predicted octanol–water partition coefficient (Wildman–Crippen LogP) is 2.30. The minimum Gasteiger partial charge on any atom is -0.478 e. The largest absolute Gasteiger partial charge is 0.478 e. The third-order valence-corrected chi connectivity index (χ3v) is 1.92. The topological polar surface area (TPSA) is 66.4 Å². The van der Waals surface area contributed by atoms with Crippen molar-refractivity contribution in [2.24, 2.45) is 0 Å². The number of aliphatic carboxylic acids is 1. The van der Waals surface area contributed by atoms with Crippen molar-refractivity contribution in [3.05, 3.63) is 48.6 Å². The number of benzene rings is 1. The maximum atomic E-state index is 11.3. The fourth-order valence-corrected chi connectivity index (χ4v) is 1.23. The highest BCUT2D eigenvalue weighted by molar-refractivity contribution is 5.92. The first kappa shape index (κ1) is 12.7. The fraction of sp³-hybridized carbons (Fsp3) is 0.0769. The highest BCUT2D eigenvalue weighted by atomic mass is 16.4. The highest BCUT2D eigenvalue weighted by Gasteiger charge is 1.99. The molecule has 0 aliphatic heterocycles. The summed E-state index contributed by atoms with van der Waals surface area (Å²) >= 11 is 0. The Morgan fingerprint density at radius 1 is 1.41 bits per heavy atom. The minimum absolute atomic E-state index is 0.153. The average Bonchev–Trinajstić information content (AvgIpc) is 2.27. The van der Waals surface area contributed by atoms with Crippen LogP contribution >= 0.6 is 0 Å². The third-order valence-electron chi connectivity index (χ3n) is 1.92. The first-order chi connectivity index (χ1) is 8.11. The number of carboxylic acids is 1. The van der Waals surface area contributed by atoms with Crippen molar-refractivity contribution in [1.29, 1.82) is 0 Å². The quantitative estimate of drug-likeness (QED) is 0.603. The van der Waals surface area contributed by atoms with E-state index in [1.165, 1.54) is 12.2 Å². The molecule has 0 bridgehead atoms. The van der Waals surface area contributed by atoms with Gasteiger partial charge in [0.25, 0.3) is 0 Å². The molecule has 4 nitrogen and oxygen atoms in total. The monoisotopic (exact) mass is 231 g/mol. The first-order valence-electron chi connectivity index (χ1n) is 5.03. The predicted molar refractivity (Wildman–Crippen MR) is 66.6 cm³/mol. The van der Waals surface area contributed by atoms with Crippen LogP contribution < -0.4 is 5.32 Å². The smallest absolute Gasteiger partial charge is 0.328 e. The van der Waals surface area contributed by atoms with E-state index >= 15 is 0 Å². The standard InChI is InChI=1S/C13H13NO3/c1-2-4-12(15)14-11-6-3-5-10(9-11)7-8-13(16)17/h2-3,5-9H,1,4H2,(H,14,15)(H,16,17)/b8-7+. The number of carbonyl (C=O) groups is 2. The Balaban J connectivity index is 2.75. The number of hydrogen-bond donors (Lipinski definition) is 2. The molecular weight excluding hydrogens is 218 g/mol. The van der Waals surface area contributed by atoms with E-state index in [9.17, 15) is 9.59 Å². The maximum Gasteiger partial charge on any atom is 0.328 e. The fourth-order valence-electron chi connectivity index (χ4n) is 1.23. The van der Waals surface area contributed by atoms with Crippen molar-refractivity contribution < 1.29 is 14.7 Å². The van der Waals surface area contributed by atoms with E-state index in [4.69, 9.17) is 5.11 Å². The summed E-state index contributed by atoms with van der Waals surface area (Å²) in [4.78, 5) is 21.6. The molecule has 0 fully saturated rings. The summed E-state index contributed by atoms with van der Waals surface area (Å²) in [5, 5.41) is 11.2. The molecule has 2 N–H and O–H groups in total. The van der Waals surface area contributed by atoms with Crippen molar-refractivity contribution in [3.8, 4) is 0 Å². The summed E-state index contributed by atoms with van der Waals surface area (Å²) in [5.41, 5.74) is 1.34. The van der Waals surface area contributed by atoms with Crippen molar-refractivity contribution in [2.75, 3.05) is 5.32 Å². The van der Waals surface area contributed by atoms with Crippen LogP contribution in [0, 0.1) is 0 Å². The van der Waals surface area contributed by atoms with Gasteiger partial charge < -0.3 is 10.4 Å². The van der Waals surface area contributed by atoms with Crippen LogP contribution in [0.1, 0.15) is 12.0 Å². The first-order valence-corrected chi connectivity index (χ1v) is 5.03. The highest BCUT2D eigenvalue weighted by Crippen LogP contribution is 2.12. The van der Waals surface area contributed by atoms with E-state index in [0.29, 0.717) is 11.3 Å².